The van der Waals surface area contributed by atoms with Gasteiger partial charge in [-0.25, -0.2) is 4.98 Å². The van der Waals surface area contributed by atoms with Gasteiger partial charge in [-0.05, 0) is 6.92 Å². The molecule has 0 aromatic carbocycles. The van der Waals surface area contributed by atoms with Gasteiger partial charge in [-0.3, -0.25) is 4.79 Å². The summed E-state index contributed by atoms with van der Waals surface area (Å²) in [5, 5.41) is 3.60. The van der Waals surface area contributed by atoms with Crippen molar-refractivity contribution in [3.63, 3.8) is 0 Å². The van der Waals surface area contributed by atoms with E-state index in [2.05, 4.69) is 10.3 Å². The molecule has 0 spiro atoms. The Labute approximate surface area is 92.6 Å². The highest BCUT2D eigenvalue weighted by molar-refractivity contribution is 7.13. The van der Waals surface area contributed by atoms with Crippen LogP contribution in [0.3, 0.4) is 0 Å². The molecular formula is C9H15N3O2S. The van der Waals surface area contributed by atoms with Crippen LogP contribution in [0.5, 0.6) is 0 Å². The van der Waals surface area contributed by atoms with Gasteiger partial charge < -0.3 is 15.8 Å². The van der Waals surface area contributed by atoms with E-state index in [1.807, 2.05) is 6.92 Å². The highest BCUT2D eigenvalue weighted by Gasteiger charge is 2.11. The second kappa shape index (κ2) is 5.79. The van der Waals surface area contributed by atoms with Gasteiger partial charge in [-0.2, -0.15) is 0 Å². The molecule has 3 N–H and O–H groups in total. The van der Waals surface area contributed by atoms with Crippen LogP contribution < -0.4 is 11.1 Å². The predicted molar refractivity (Wildman–Crippen MR) is 58.9 cm³/mol. The first kappa shape index (κ1) is 12.1. The molecule has 0 aliphatic heterocycles. The maximum atomic E-state index is 10.8. The van der Waals surface area contributed by atoms with Crippen LogP contribution in [0.15, 0.2) is 6.20 Å². The molecule has 15 heavy (non-hydrogen) atoms. The van der Waals surface area contributed by atoms with Crippen molar-refractivity contribution in [3.8, 4) is 0 Å². The van der Waals surface area contributed by atoms with E-state index in [-0.39, 0.29) is 6.04 Å². The molecule has 0 bridgehead atoms. The summed E-state index contributed by atoms with van der Waals surface area (Å²) in [4.78, 5) is 15.8. The van der Waals surface area contributed by atoms with Crippen LogP contribution in [0.1, 0.15) is 27.6 Å². The van der Waals surface area contributed by atoms with Crippen molar-refractivity contribution in [2.45, 2.75) is 13.0 Å². The lowest BCUT2D eigenvalue weighted by molar-refractivity contribution is 0.1000. The number of carbonyl (C=O) groups excluding carboxylic acids is 1. The molecule has 1 amide bonds. The zero-order valence-electron chi connectivity index (χ0n) is 8.82. The van der Waals surface area contributed by atoms with Gasteiger partial charge in [0, 0.05) is 30.8 Å². The topological polar surface area (TPSA) is 77.2 Å². The van der Waals surface area contributed by atoms with Gasteiger partial charge in [0.05, 0.1) is 6.61 Å². The number of rotatable bonds is 6. The summed E-state index contributed by atoms with van der Waals surface area (Å²) in [5.74, 6) is -0.477. The molecule has 1 aromatic heterocycles. The van der Waals surface area contributed by atoms with E-state index in [1.54, 1.807) is 13.3 Å². The number of hydrogen-bond donors (Lipinski definition) is 2. The van der Waals surface area contributed by atoms with Gasteiger partial charge in [0.2, 0.25) is 0 Å². The number of nitrogens with two attached hydrogens (primary N) is 1. The zero-order valence-corrected chi connectivity index (χ0v) is 9.63. The monoisotopic (exact) mass is 229 g/mol. The first-order chi connectivity index (χ1) is 7.15. The van der Waals surface area contributed by atoms with Crippen LogP contribution in [-0.2, 0) is 4.74 Å². The molecule has 0 saturated heterocycles. The molecule has 0 aliphatic carbocycles. The maximum Gasteiger partial charge on any atom is 0.277 e. The van der Waals surface area contributed by atoms with Crippen LogP contribution in [-0.4, -0.2) is 31.2 Å². The number of primary amides is 1. The first-order valence-electron chi connectivity index (χ1n) is 4.63. The molecule has 1 unspecified atom stereocenters. The number of nitrogens with one attached hydrogen (secondary N) is 1. The van der Waals surface area contributed by atoms with Crippen LogP contribution in [0.25, 0.3) is 0 Å². The highest BCUT2D eigenvalue weighted by atomic mass is 32.1. The van der Waals surface area contributed by atoms with Crippen LogP contribution in [0.4, 0.5) is 0 Å². The minimum atomic E-state index is -0.477. The highest BCUT2D eigenvalue weighted by Crippen LogP contribution is 2.19. The molecule has 6 heteroatoms. The Morgan fingerprint density at radius 3 is 3.07 bits per heavy atom. The summed E-state index contributed by atoms with van der Waals surface area (Å²) < 4.78 is 4.92. The fourth-order valence-electron chi connectivity index (χ4n) is 1.08. The van der Waals surface area contributed by atoms with Crippen molar-refractivity contribution in [2.75, 3.05) is 20.3 Å². The SMILES string of the molecule is COCCNC(C)c1cnc(C(N)=O)s1. The molecule has 0 fully saturated rings. The number of carbonyl (C=O) groups is 1. The number of aromatic nitrogens is 1. The summed E-state index contributed by atoms with van der Waals surface area (Å²) in [7, 11) is 1.66. The van der Waals surface area contributed by atoms with Gasteiger partial charge in [0.25, 0.3) is 5.91 Å². The third kappa shape index (κ3) is 3.58. The van der Waals surface area contributed by atoms with Crippen LogP contribution in [0, 0.1) is 0 Å². The molecule has 0 radical (unpaired) electrons. The maximum absolute atomic E-state index is 10.8. The number of nitrogens with zero attached hydrogens (tertiary/aromatic N) is 1. The molecule has 1 aromatic rings. The summed E-state index contributed by atoms with van der Waals surface area (Å²) >= 11 is 1.32. The van der Waals surface area contributed by atoms with Gasteiger partial charge in [-0.15, -0.1) is 11.3 Å². The number of amides is 1. The average Bonchev–Trinajstić information content (AvgIpc) is 2.66. The largest absolute Gasteiger partial charge is 0.383 e. The van der Waals surface area contributed by atoms with Crippen LogP contribution in [0.2, 0.25) is 0 Å². The lowest BCUT2D eigenvalue weighted by atomic mass is 10.3. The molecular weight excluding hydrogens is 214 g/mol. The van der Waals surface area contributed by atoms with Crippen molar-refractivity contribution >= 4 is 17.2 Å². The van der Waals surface area contributed by atoms with E-state index >= 15 is 0 Å². The second-order valence-corrected chi connectivity index (χ2v) is 4.16. The molecule has 0 aliphatic rings. The van der Waals surface area contributed by atoms with E-state index in [1.165, 1.54) is 11.3 Å². The minimum Gasteiger partial charge on any atom is -0.383 e. The second-order valence-electron chi connectivity index (χ2n) is 3.10. The smallest absolute Gasteiger partial charge is 0.277 e. The third-order valence-corrected chi connectivity index (χ3v) is 3.11. The Hall–Kier alpha value is -0.980. The van der Waals surface area contributed by atoms with Crippen molar-refractivity contribution in [2.24, 2.45) is 5.73 Å². The number of hydrogen-bond acceptors (Lipinski definition) is 5. The summed E-state index contributed by atoms with van der Waals surface area (Å²) in [6, 6.07) is 0.158. The predicted octanol–water partition coefficient (Wildman–Crippen LogP) is 0.539. The Morgan fingerprint density at radius 2 is 2.53 bits per heavy atom. The van der Waals surface area contributed by atoms with E-state index in [9.17, 15) is 4.79 Å². The third-order valence-electron chi connectivity index (χ3n) is 1.92. The van der Waals surface area contributed by atoms with Gasteiger partial charge in [0.15, 0.2) is 5.01 Å². The van der Waals surface area contributed by atoms with Crippen molar-refractivity contribution in [1.29, 1.82) is 0 Å². The first-order valence-corrected chi connectivity index (χ1v) is 5.44. The Morgan fingerprint density at radius 1 is 1.80 bits per heavy atom. The average molecular weight is 229 g/mol. The van der Waals surface area contributed by atoms with Gasteiger partial charge >= 0.3 is 0 Å². The van der Waals surface area contributed by atoms with E-state index < -0.39 is 5.91 Å². The fourth-order valence-corrected chi connectivity index (χ4v) is 1.87. The van der Waals surface area contributed by atoms with Gasteiger partial charge in [-0.1, -0.05) is 0 Å². The van der Waals surface area contributed by atoms with Gasteiger partial charge in [0.1, 0.15) is 0 Å². The zero-order chi connectivity index (χ0) is 11.3. The number of thiazole rings is 1. The molecule has 5 nitrogen and oxygen atoms in total. The molecule has 1 heterocycles. The lowest BCUT2D eigenvalue weighted by Gasteiger charge is -2.10. The molecule has 0 saturated carbocycles. The standard InChI is InChI=1S/C9H15N3O2S/c1-6(11-3-4-14-2)7-5-12-9(15-7)8(10)13/h5-6,11H,3-4H2,1-2H3,(H2,10,13). The van der Waals surface area contributed by atoms with E-state index in [0.717, 1.165) is 11.4 Å². The van der Waals surface area contributed by atoms with Crippen molar-refractivity contribution in [1.82, 2.24) is 10.3 Å². The Balaban J connectivity index is 2.50. The molecule has 1 rings (SSSR count). The minimum absolute atomic E-state index is 0.158. The Bertz CT molecular complexity index is 327. The summed E-state index contributed by atoms with van der Waals surface area (Å²) in [6.45, 7) is 3.43. The van der Waals surface area contributed by atoms with Crippen LogP contribution >= 0.6 is 11.3 Å². The molecule has 84 valence electrons. The number of ether oxygens (including phenoxy) is 1. The summed E-state index contributed by atoms with van der Waals surface area (Å²) in [6.07, 6.45) is 1.68. The van der Waals surface area contributed by atoms with Crippen molar-refractivity contribution < 1.29 is 9.53 Å². The Kier molecular flexibility index (Phi) is 4.67. The quantitative estimate of drug-likeness (QED) is 0.698. The van der Waals surface area contributed by atoms with E-state index in [4.69, 9.17) is 10.5 Å². The van der Waals surface area contributed by atoms with Crippen molar-refractivity contribution in [3.05, 3.63) is 16.1 Å². The van der Waals surface area contributed by atoms with E-state index in [0.29, 0.717) is 11.6 Å². The molecule has 1 atom stereocenters. The lowest BCUT2D eigenvalue weighted by Crippen LogP contribution is -2.22. The fraction of sp³-hybridized carbons (Fsp3) is 0.556. The summed E-state index contributed by atoms with van der Waals surface area (Å²) in [5.41, 5.74) is 5.12. The normalized spacial score (nSPS) is 12.7. The number of methoxy groups -OCH3 is 1.